The van der Waals surface area contributed by atoms with Crippen molar-refractivity contribution in [2.24, 2.45) is 0 Å². The van der Waals surface area contributed by atoms with Crippen molar-refractivity contribution in [1.82, 2.24) is 4.90 Å². The van der Waals surface area contributed by atoms with E-state index in [4.69, 9.17) is 9.47 Å². The zero-order chi connectivity index (χ0) is 19.1. The molecule has 1 saturated heterocycles. The van der Waals surface area contributed by atoms with Crippen molar-refractivity contribution in [3.8, 4) is 0 Å². The van der Waals surface area contributed by atoms with Crippen molar-refractivity contribution in [3.63, 3.8) is 0 Å². The summed E-state index contributed by atoms with van der Waals surface area (Å²) in [7, 11) is 0. The number of rotatable bonds is 6. The number of nitrogens with zero attached hydrogens (tertiary/aromatic N) is 1. The number of amides is 1. The van der Waals surface area contributed by atoms with Gasteiger partial charge in [0.1, 0.15) is 6.10 Å². The van der Waals surface area contributed by atoms with Crippen LogP contribution in [0.15, 0.2) is 54.6 Å². The summed E-state index contributed by atoms with van der Waals surface area (Å²) in [5.41, 5.74) is 3.66. The first-order valence-electron chi connectivity index (χ1n) is 9.92. The summed E-state index contributed by atoms with van der Waals surface area (Å²) < 4.78 is 11.7. The van der Waals surface area contributed by atoms with Gasteiger partial charge in [0.15, 0.2) is 0 Å². The minimum atomic E-state index is -0.217. The van der Waals surface area contributed by atoms with E-state index in [0.717, 1.165) is 24.8 Å². The molecular weight excluding hydrogens is 338 g/mol. The van der Waals surface area contributed by atoms with Crippen LogP contribution in [0.25, 0.3) is 0 Å². The van der Waals surface area contributed by atoms with E-state index < -0.39 is 0 Å². The first kappa shape index (κ1) is 19.4. The summed E-state index contributed by atoms with van der Waals surface area (Å²) in [5, 5.41) is 0. The lowest BCUT2D eigenvalue weighted by Crippen LogP contribution is -2.41. The van der Waals surface area contributed by atoms with Gasteiger partial charge in [-0.15, -0.1) is 0 Å². The van der Waals surface area contributed by atoms with E-state index >= 15 is 0 Å². The van der Waals surface area contributed by atoms with Gasteiger partial charge < -0.3 is 14.4 Å². The SMILES string of the molecule is CCOC(=O)N1CCC(OC(c2ccccc2)c2ccc(CC)cc2)CC1. The van der Waals surface area contributed by atoms with Crippen LogP contribution in [0.3, 0.4) is 0 Å². The van der Waals surface area contributed by atoms with Crippen LogP contribution < -0.4 is 0 Å². The molecule has 4 heteroatoms. The number of hydrogen-bond acceptors (Lipinski definition) is 3. The Hall–Kier alpha value is -2.33. The number of benzene rings is 2. The minimum Gasteiger partial charge on any atom is -0.450 e. The van der Waals surface area contributed by atoms with E-state index in [1.165, 1.54) is 11.1 Å². The molecule has 0 radical (unpaired) electrons. The molecular formula is C23H29NO3. The quantitative estimate of drug-likeness (QED) is 0.723. The molecule has 1 aliphatic heterocycles. The number of piperidine rings is 1. The van der Waals surface area contributed by atoms with Gasteiger partial charge in [-0.1, -0.05) is 61.5 Å². The van der Waals surface area contributed by atoms with Crippen molar-refractivity contribution in [2.75, 3.05) is 19.7 Å². The zero-order valence-corrected chi connectivity index (χ0v) is 16.3. The smallest absolute Gasteiger partial charge is 0.409 e. The van der Waals surface area contributed by atoms with E-state index in [2.05, 4.69) is 55.5 Å². The average molecular weight is 367 g/mol. The highest BCUT2D eigenvalue weighted by Crippen LogP contribution is 2.30. The lowest BCUT2D eigenvalue weighted by molar-refractivity contribution is -0.0260. The molecule has 1 heterocycles. The highest BCUT2D eigenvalue weighted by atomic mass is 16.6. The second-order valence-electron chi connectivity index (χ2n) is 6.91. The fraction of sp³-hybridized carbons (Fsp3) is 0.435. The third-order valence-corrected chi connectivity index (χ3v) is 5.09. The molecule has 2 aromatic rings. The molecule has 1 aliphatic rings. The highest BCUT2D eigenvalue weighted by Gasteiger charge is 2.27. The van der Waals surface area contributed by atoms with Crippen molar-refractivity contribution >= 4 is 6.09 Å². The molecule has 0 aromatic heterocycles. The van der Waals surface area contributed by atoms with Crippen LogP contribution in [0.2, 0.25) is 0 Å². The van der Waals surface area contributed by atoms with Gasteiger partial charge in [-0.25, -0.2) is 4.79 Å². The van der Waals surface area contributed by atoms with Crippen molar-refractivity contribution < 1.29 is 14.3 Å². The summed E-state index contributed by atoms with van der Waals surface area (Å²) in [6.07, 6.45) is 2.52. The Morgan fingerprint density at radius 2 is 1.63 bits per heavy atom. The molecule has 0 spiro atoms. The van der Waals surface area contributed by atoms with Gasteiger partial charge >= 0.3 is 6.09 Å². The molecule has 1 unspecified atom stereocenters. The van der Waals surface area contributed by atoms with Crippen LogP contribution in [-0.4, -0.2) is 36.8 Å². The van der Waals surface area contributed by atoms with Crippen LogP contribution in [-0.2, 0) is 15.9 Å². The average Bonchev–Trinajstić information content (AvgIpc) is 2.73. The van der Waals surface area contributed by atoms with Crippen LogP contribution >= 0.6 is 0 Å². The number of carbonyl (C=O) groups is 1. The van der Waals surface area contributed by atoms with Gasteiger partial charge in [0.2, 0.25) is 0 Å². The van der Waals surface area contributed by atoms with Gasteiger partial charge in [-0.3, -0.25) is 0 Å². The number of hydrogen-bond donors (Lipinski definition) is 0. The van der Waals surface area contributed by atoms with E-state index in [-0.39, 0.29) is 18.3 Å². The molecule has 1 atom stereocenters. The van der Waals surface area contributed by atoms with Crippen LogP contribution in [0.1, 0.15) is 49.5 Å². The third-order valence-electron chi connectivity index (χ3n) is 5.09. The molecule has 0 N–H and O–H groups in total. The topological polar surface area (TPSA) is 38.8 Å². The van der Waals surface area contributed by atoms with Crippen molar-refractivity contribution in [1.29, 1.82) is 0 Å². The maximum atomic E-state index is 11.9. The summed E-state index contributed by atoms with van der Waals surface area (Å²) in [6, 6.07) is 19.1. The van der Waals surface area contributed by atoms with Crippen molar-refractivity contribution in [3.05, 3.63) is 71.3 Å². The molecule has 0 saturated carbocycles. The molecule has 3 rings (SSSR count). The number of aryl methyl sites for hydroxylation is 1. The lowest BCUT2D eigenvalue weighted by atomic mass is 9.98. The maximum absolute atomic E-state index is 11.9. The molecule has 27 heavy (non-hydrogen) atoms. The predicted molar refractivity (Wildman–Crippen MR) is 107 cm³/mol. The second kappa shape index (κ2) is 9.56. The van der Waals surface area contributed by atoms with E-state index in [9.17, 15) is 4.79 Å². The minimum absolute atomic E-state index is 0.0868. The summed E-state index contributed by atoms with van der Waals surface area (Å²) in [6.45, 7) is 5.78. The Bertz CT molecular complexity index is 706. The lowest BCUT2D eigenvalue weighted by Gasteiger charge is -2.33. The first-order valence-corrected chi connectivity index (χ1v) is 9.92. The summed E-state index contributed by atoms with van der Waals surface area (Å²) >= 11 is 0. The third kappa shape index (κ3) is 5.10. The van der Waals surface area contributed by atoms with Gasteiger partial charge in [0.05, 0.1) is 12.7 Å². The second-order valence-corrected chi connectivity index (χ2v) is 6.91. The van der Waals surface area contributed by atoms with Crippen LogP contribution in [0, 0.1) is 0 Å². The monoisotopic (exact) mass is 367 g/mol. The Balaban J connectivity index is 1.70. The Morgan fingerprint density at radius 3 is 2.22 bits per heavy atom. The van der Waals surface area contributed by atoms with E-state index in [1.807, 2.05) is 13.0 Å². The first-order chi connectivity index (χ1) is 13.2. The molecule has 2 aromatic carbocycles. The maximum Gasteiger partial charge on any atom is 0.409 e. The van der Waals surface area contributed by atoms with Gasteiger partial charge in [0.25, 0.3) is 0 Å². The van der Waals surface area contributed by atoms with E-state index in [0.29, 0.717) is 19.7 Å². The van der Waals surface area contributed by atoms with Gasteiger partial charge in [-0.2, -0.15) is 0 Å². The number of likely N-dealkylation sites (tertiary alicyclic amines) is 1. The molecule has 1 amide bonds. The predicted octanol–water partition coefficient (Wildman–Crippen LogP) is 4.98. The van der Waals surface area contributed by atoms with Crippen LogP contribution in [0.5, 0.6) is 0 Å². The summed E-state index contributed by atoms with van der Waals surface area (Å²) in [4.78, 5) is 13.7. The normalized spacial score (nSPS) is 16.1. The molecule has 0 bridgehead atoms. The van der Waals surface area contributed by atoms with E-state index in [1.54, 1.807) is 4.90 Å². The number of carbonyl (C=O) groups excluding carboxylic acids is 1. The standard InChI is InChI=1S/C23H29NO3/c1-3-18-10-12-20(13-11-18)22(19-8-6-5-7-9-19)27-21-14-16-24(17-15-21)23(25)26-4-2/h5-13,21-22H,3-4,14-17H2,1-2H3. The Kier molecular flexibility index (Phi) is 6.88. The van der Waals surface area contributed by atoms with Gasteiger partial charge in [0, 0.05) is 13.1 Å². The zero-order valence-electron chi connectivity index (χ0n) is 16.3. The molecule has 144 valence electrons. The fourth-order valence-electron chi connectivity index (χ4n) is 3.49. The van der Waals surface area contributed by atoms with Gasteiger partial charge in [-0.05, 0) is 42.9 Å². The Labute approximate surface area is 162 Å². The highest BCUT2D eigenvalue weighted by molar-refractivity contribution is 5.67. The molecule has 1 fully saturated rings. The largest absolute Gasteiger partial charge is 0.450 e. The van der Waals surface area contributed by atoms with Crippen molar-refractivity contribution in [2.45, 2.75) is 45.3 Å². The molecule has 4 nitrogen and oxygen atoms in total. The Morgan fingerprint density at radius 1 is 1.00 bits per heavy atom. The van der Waals surface area contributed by atoms with Crippen LogP contribution in [0.4, 0.5) is 4.79 Å². The fourth-order valence-corrected chi connectivity index (χ4v) is 3.49. The summed E-state index contributed by atoms with van der Waals surface area (Å²) in [5.74, 6) is 0. The molecule has 0 aliphatic carbocycles. The number of ether oxygens (including phenoxy) is 2.